The molecule has 8 nitrogen and oxygen atoms in total. The molecule has 21 heavy (non-hydrogen) atoms. The van der Waals surface area contributed by atoms with E-state index in [-0.39, 0.29) is 5.69 Å². The molecule has 0 fully saturated rings. The molecule has 3 heterocycles. The molecule has 0 bridgehead atoms. The molecule has 0 saturated heterocycles. The van der Waals surface area contributed by atoms with Gasteiger partial charge in [0.1, 0.15) is 11.3 Å². The van der Waals surface area contributed by atoms with E-state index < -0.39 is 4.92 Å². The Morgan fingerprint density at radius 2 is 2.19 bits per heavy atom. The normalized spacial score (nSPS) is 11.0. The van der Waals surface area contributed by atoms with Gasteiger partial charge in [0.15, 0.2) is 5.13 Å². The zero-order valence-corrected chi connectivity index (χ0v) is 12.1. The molecular weight excluding hydrogens is 292 g/mol. The number of aromatic nitrogens is 3. The van der Waals surface area contributed by atoms with Crippen LogP contribution in [0, 0.1) is 24.0 Å². The smallest absolute Gasteiger partial charge is 0.288 e. The summed E-state index contributed by atoms with van der Waals surface area (Å²) in [6, 6.07) is 1.70. The van der Waals surface area contributed by atoms with Crippen molar-refractivity contribution in [3.05, 3.63) is 39.0 Å². The number of anilines is 1. The van der Waals surface area contributed by atoms with Crippen LogP contribution in [0.2, 0.25) is 0 Å². The van der Waals surface area contributed by atoms with Crippen LogP contribution in [-0.4, -0.2) is 19.3 Å². The van der Waals surface area contributed by atoms with E-state index in [0.717, 1.165) is 11.4 Å². The first-order valence-electron chi connectivity index (χ1n) is 6.07. The number of hydrogen-bond acceptors (Lipinski definition) is 7. The van der Waals surface area contributed by atoms with Gasteiger partial charge in [-0.25, -0.2) is 15.8 Å². The number of hydrazine groups is 1. The highest BCUT2D eigenvalue weighted by molar-refractivity contribution is 7.14. The topological polar surface area (TPSA) is 111 Å². The second-order valence-electron chi connectivity index (χ2n) is 4.56. The number of nitrogens with zero attached hydrogens (tertiary/aromatic N) is 4. The van der Waals surface area contributed by atoms with Gasteiger partial charge >= 0.3 is 0 Å². The maximum absolute atomic E-state index is 11.1. The summed E-state index contributed by atoms with van der Waals surface area (Å²) < 4.78 is 1.69. The Bertz CT molecular complexity index is 853. The molecule has 0 amide bonds. The van der Waals surface area contributed by atoms with Crippen LogP contribution in [-0.2, 0) is 0 Å². The lowest BCUT2D eigenvalue weighted by Gasteiger charge is -2.02. The molecule has 3 rings (SSSR count). The molecule has 0 unspecified atom stereocenters. The molecule has 0 aromatic carbocycles. The number of thiazole rings is 1. The number of fused-ring (bicyclic) bond motifs is 1. The zero-order chi connectivity index (χ0) is 15.1. The van der Waals surface area contributed by atoms with Gasteiger partial charge in [-0.2, -0.15) is 0 Å². The molecule has 0 aliphatic rings. The molecule has 3 aromatic heterocycles. The average molecular weight is 304 g/mol. The fraction of sp³-hybridized carbons (Fsp3) is 0.167. The Morgan fingerprint density at radius 3 is 2.81 bits per heavy atom. The summed E-state index contributed by atoms with van der Waals surface area (Å²) in [6.45, 7) is 3.54. The van der Waals surface area contributed by atoms with Crippen molar-refractivity contribution in [3.63, 3.8) is 0 Å². The van der Waals surface area contributed by atoms with E-state index in [1.54, 1.807) is 17.4 Å². The van der Waals surface area contributed by atoms with Crippen molar-refractivity contribution in [2.45, 2.75) is 13.8 Å². The Labute approximate surface area is 123 Å². The number of imidazole rings is 1. The molecule has 0 spiro atoms. The van der Waals surface area contributed by atoms with Crippen molar-refractivity contribution in [1.82, 2.24) is 14.4 Å². The molecule has 0 aliphatic heterocycles. The van der Waals surface area contributed by atoms with Crippen LogP contribution in [0.25, 0.3) is 17.0 Å². The summed E-state index contributed by atoms with van der Waals surface area (Å²) in [5, 5.41) is 13.5. The third kappa shape index (κ3) is 2.12. The molecule has 0 atom stereocenters. The van der Waals surface area contributed by atoms with E-state index in [1.807, 2.05) is 12.3 Å². The fourth-order valence-corrected chi connectivity index (χ4v) is 2.85. The van der Waals surface area contributed by atoms with E-state index in [4.69, 9.17) is 5.84 Å². The maximum Gasteiger partial charge on any atom is 0.288 e. The third-order valence-corrected chi connectivity index (χ3v) is 3.95. The van der Waals surface area contributed by atoms with Gasteiger partial charge in [-0.05, 0) is 19.9 Å². The van der Waals surface area contributed by atoms with Gasteiger partial charge in [0.05, 0.1) is 22.5 Å². The minimum atomic E-state index is -0.401. The van der Waals surface area contributed by atoms with Crippen LogP contribution in [0.5, 0.6) is 0 Å². The van der Waals surface area contributed by atoms with Gasteiger partial charge in [0.2, 0.25) is 0 Å². The lowest BCUT2D eigenvalue weighted by molar-refractivity contribution is -0.385. The number of hydrogen-bond donors (Lipinski definition) is 2. The van der Waals surface area contributed by atoms with E-state index in [0.29, 0.717) is 22.0 Å². The average Bonchev–Trinajstić information content (AvgIpc) is 3.00. The Morgan fingerprint density at radius 1 is 1.43 bits per heavy atom. The van der Waals surface area contributed by atoms with Crippen molar-refractivity contribution in [1.29, 1.82) is 0 Å². The predicted octanol–water partition coefficient (Wildman–Crippen LogP) is 2.27. The molecule has 3 aromatic rings. The number of aryl methyl sites for hydroxylation is 2. The number of nitrogens with one attached hydrogen (secondary N) is 1. The number of nitro groups is 1. The fourth-order valence-electron chi connectivity index (χ4n) is 2.24. The highest BCUT2D eigenvalue weighted by Gasteiger charge is 2.19. The summed E-state index contributed by atoms with van der Waals surface area (Å²) in [4.78, 5) is 19.5. The van der Waals surface area contributed by atoms with Crippen LogP contribution < -0.4 is 11.3 Å². The van der Waals surface area contributed by atoms with E-state index in [9.17, 15) is 10.1 Å². The van der Waals surface area contributed by atoms with Gasteiger partial charge in [0, 0.05) is 10.9 Å². The van der Waals surface area contributed by atoms with Crippen molar-refractivity contribution in [3.8, 4) is 11.4 Å². The van der Waals surface area contributed by atoms with Gasteiger partial charge in [-0.3, -0.25) is 19.9 Å². The van der Waals surface area contributed by atoms with Crippen molar-refractivity contribution in [2.75, 3.05) is 5.43 Å². The maximum atomic E-state index is 11.1. The van der Waals surface area contributed by atoms with E-state index in [2.05, 4.69) is 15.4 Å². The second-order valence-corrected chi connectivity index (χ2v) is 5.41. The van der Waals surface area contributed by atoms with Crippen LogP contribution in [0.1, 0.15) is 11.3 Å². The number of nitrogens with two attached hydrogens (primary N) is 1. The van der Waals surface area contributed by atoms with E-state index >= 15 is 0 Å². The molecule has 0 radical (unpaired) electrons. The number of nitrogen functional groups attached to an aromatic ring is 1. The lowest BCUT2D eigenvalue weighted by atomic mass is 10.2. The van der Waals surface area contributed by atoms with Crippen molar-refractivity contribution >= 4 is 27.8 Å². The molecule has 9 heteroatoms. The van der Waals surface area contributed by atoms with E-state index in [1.165, 1.54) is 17.5 Å². The monoisotopic (exact) mass is 304 g/mol. The van der Waals surface area contributed by atoms with Crippen molar-refractivity contribution in [2.24, 2.45) is 5.84 Å². The van der Waals surface area contributed by atoms with Crippen LogP contribution in [0.4, 0.5) is 10.8 Å². The quantitative estimate of drug-likeness (QED) is 0.436. The van der Waals surface area contributed by atoms with Gasteiger partial charge < -0.3 is 0 Å². The Hall–Kier alpha value is -2.52. The van der Waals surface area contributed by atoms with Gasteiger partial charge in [-0.1, -0.05) is 0 Å². The summed E-state index contributed by atoms with van der Waals surface area (Å²) in [7, 11) is 0. The van der Waals surface area contributed by atoms with Crippen LogP contribution >= 0.6 is 11.3 Å². The lowest BCUT2D eigenvalue weighted by Crippen LogP contribution is -2.05. The highest BCUT2D eigenvalue weighted by atomic mass is 32.1. The van der Waals surface area contributed by atoms with Crippen molar-refractivity contribution < 1.29 is 4.92 Å². The van der Waals surface area contributed by atoms with Crippen LogP contribution in [0.15, 0.2) is 17.6 Å². The van der Waals surface area contributed by atoms with Gasteiger partial charge in [-0.15, -0.1) is 11.3 Å². The third-order valence-electron chi connectivity index (χ3n) is 3.18. The molecule has 0 saturated carbocycles. The first-order valence-corrected chi connectivity index (χ1v) is 6.95. The first kappa shape index (κ1) is 13.5. The largest absolute Gasteiger partial charge is 0.300 e. The Kier molecular flexibility index (Phi) is 3.07. The van der Waals surface area contributed by atoms with Crippen LogP contribution in [0.3, 0.4) is 0 Å². The summed E-state index contributed by atoms with van der Waals surface area (Å²) >= 11 is 1.36. The highest BCUT2D eigenvalue weighted by Crippen LogP contribution is 2.30. The standard InChI is InChI=1S/C12H12N6O2S/c1-6-3-10-14-7(2)11(8-5-21-12(15-8)16-13)17(10)4-9(6)18(19)20/h3-5H,13H2,1-2H3,(H,15,16). The summed E-state index contributed by atoms with van der Waals surface area (Å²) in [5.74, 6) is 5.34. The zero-order valence-electron chi connectivity index (χ0n) is 11.3. The summed E-state index contributed by atoms with van der Waals surface area (Å²) in [6.07, 6.45) is 1.48. The Balaban J connectivity index is 2.29. The first-order chi connectivity index (χ1) is 10.0. The number of pyridine rings is 1. The minimum absolute atomic E-state index is 0.0496. The molecule has 108 valence electrons. The predicted molar refractivity (Wildman–Crippen MR) is 80.2 cm³/mol. The second kappa shape index (κ2) is 4.79. The molecule has 0 aliphatic carbocycles. The van der Waals surface area contributed by atoms with Gasteiger partial charge in [0.25, 0.3) is 5.69 Å². The SMILES string of the molecule is Cc1cc2nc(C)c(-c3csc(NN)n3)n2cc1[N+](=O)[O-]. The summed E-state index contributed by atoms with van der Waals surface area (Å²) in [5.41, 5.74) is 5.92. The number of rotatable bonds is 3. The molecule has 3 N–H and O–H groups in total. The molecular formula is C12H12N6O2S. The minimum Gasteiger partial charge on any atom is -0.300 e.